The van der Waals surface area contributed by atoms with Crippen LogP contribution in [0.15, 0.2) is 0 Å². The summed E-state index contributed by atoms with van der Waals surface area (Å²) < 4.78 is 21.9. The number of hydrogen-bond donors (Lipinski definition) is 7. The molecule has 0 bridgehead atoms. The second kappa shape index (κ2) is 13.3. The van der Waals surface area contributed by atoms with Crippen molar-refractivity contribution < 1.29 is 54.7 Å². The summed E-state index contributed by atoms with van der Waals surface area (Å²) in [5.41, 5.74) is 0. The smallest absolute Gasteiger partial charge is 0.187 e. The van der Waals surface area contributed by atoms with Gasteiger partial charge in [0.1, 0.15) is 48.8 Å². The van der Waals surface area contributed by atoms with Gasteiger partial charge in [-0.15, -0.1) is 0 Å². The molecule has 0 amide bonds. The molecule has 2 saturated heterocycles. The molecule has 11 heteroatoms. The molecular weight excluding hydrogens is 416 g/mol. The minimum absolute atomic E-state index is 0.316. The maximum atomic E-state index is 10.5. The van der Waals surface area contributed by atoms with Crippen molar-refractivity contribution >= 4 is 0 Å². The maximum Gasteiger partial charge on any atom is 0.187 e. The first kappa shape index (κ1) is 26.8. The minimum Gasteiger partial charge on any atom is -0.394 e. The topological polar surface area (TPSA) is 179 Å². The monoisotopic (exact) mass is 454 g/mol. The van der Waals surface area contributed by atoms with E-state index in [1.165, 1.54) is 6.42 Å². The number of rotatable bonds is 12. The Morgan fingerprint density at radius 2 is 1.23 bits per heavy atom. The van der Waals surface area contributed by atoms with Crippen LogP contribution in [0.25, 0.3) is 0 Å². The molecule has 31 heavy (non-hydrogen) atoms. The van der Waals surface area contributed by atoms with Crippen molar-refractivity contribution in [2.24, 2.45) is 0 Å². The predicted molar refractivity (Wildman–Crippen MR) is 106 cm³/mol. The van der Waals surface area contributed by atoms with Crippen LogP contribution in [-0.4, -0.2) is 117 Å². The van der Waals surface area contributed by atoms with Crippen LogP contribution in [0.3, 0.4) is 0 Å². The average Bonchev–Trinajstić information content (AvgIpc) is 2.77. The van der Waals surface area contributed by atoms with Gasteiger partial charge in [-0.1, -0.05) is 39.0 Å². The van der Waals surface area contributed by atoms with E-state index in [4.69, 9.17) is 18.9 Å². The van der Waals surface area contributed by atoms with E-state index < -0.39 is 74.6 Å². The Bertz CT molecular complexity index is 492. The lowest BCUT2D eigenvalue weighted by Gasteiger charge is -2.45. The predicted octanol–water partition coefficient (Wildman–Crippen LogP) is -2.01. The molecule has 0 aromatic carbocycles. The van der Waals surface area contributed by atoms with Crippen LogP contribution in [-0.2, 0) is 18.9 Å². The quantitative estimate of drug-likeness (QED) is 0.162. The van der Waals surface area contributed by atoms with Crippen molar-refractivity contribution in [2.45, 2.75) is 107 Å². The van der Waals surface area contributed by atoms with Crippen LogP contribution < -0.4 is 0 Å². The van der Waals surface area contributed by atoms with Gasteiger partial charge in [-0.3, -0.25) is 0 Å². The molecule has 11 nitrogen and oxygen atoms in total. The summed E-state index contributed by atoms with van der Waals surface area (Å²) in [4.78, 5) is 0. The molecule has 0 aromatic rings. The fourth-order valence-electron chi connectivity index (χ4n) is 3.77. The van der Waals surface area contributed by atoms with E-state index in [1.807, 2.05) is 0 Å². The fraction of sp³-hybridized carbons (Fsp3) is 1.00. The first-order valence-corrected chi connectivity index (χ1v) is 11.1. The third-order valence-corrected chi connectivity index (χ3v) is 5.74. The summed E-state index contributed by atoms with van der Waals surface area (Å²) in [5.74, 6) is 0. The second-order valence-corrected chi connectivity index (χ2v) is 8.14. The van der Waals surface area contributed by atoms with E-state index in [9.17, 15) is 35.7 Å². The summed E-state index contributed by atoms with van der Waals surface area (Å²) in [5, 5.41) is 69.7. The highest BCUT2D eigenvalue weighted by atomic mass is 16.7. The van der Waals surface area contributed by atoms with Crippen molar-refractivity contribution in [1.29, 1.82) is 0 Å². The Kier molecular flexibility index (Phi) is 11.5. The molecule has 7 N–H and O–H groups in total. The SMILES string of the molecule is CCCCCCCCO[C@@H]1O[C@H](CO)[C@@H](O[C@@H]2O[C@H](CO)[C@H](O)[C@H](O)[C@H]2O)[C@H](O)[C@H]1O. The van der Waals surface area contributed by atoms with Crippen LogP contribution in [0.5, 0.6) is 0 Å². The van der Waals surface area contributed by atoms with Gasteiger partial charge in [0.25, 0.3) is 0 Å². The molecule has 2 aliphatic heterocycles. The molecule has 0 aromatic heterocycles. The number of aliphatic hydroxyl groups is 7. The van der Waals surface area contributed by atoms with Crippen LogP contribution >= 0.6 is 0 Å². The van der Waals surface area contributed by atoms with Gasteiger partial charge in [-0.25, -0.2) is 0 Å². The zero-order valence-electron chi connectivity index (χ0n) is 17.9. The molecule has 2 fully saturated rings. The Hall–Kier alpha value is -0.440. The van der Waals surface area contributed by atoms with Crippen molar-refractivity contribution in [3.63, 3.8) is 0 Å². The van der Waals surface area contributed by atoms with Gasteiger partial charge in [0, 0.05) is 6.61 Å². The largest absolute Gasteiger partial charge is 0.394 e. The lowest BCUT2D eigenvalue weighted by Crippen LogP contribution is -2.64. The highest BCUT2D eigenvalue weighted by Gasteiger charge is 2.50. The fourth-order valence-corrected chi connectivity index (χ4v) is 3.77. The Balaban J connectivity index is 1.90. The molecule has 0 unspecified atom stereocenters. The summed E-state index contributed by atoms with van der Waals surface area (Å²) >= 11 is 0. The molecule has 0 saturated carbocycles. The van der Waals surface area contributed by atoms with Gasteiger partial charge < -0.3 is 54.7 Å². The number of hydrogen-bond acceptors (Lipinski definition) is 11. The van der Waals surface area contributed by atoms with Gasteiger partial charge in [0.2, 0.25) is 0 Å². The molecule has 0 radical (unpaired) electrons. The van der Waals surface area contributed by atoms with Crippen molar-refractivity contribution in [2.75, 3.05) is 19.8 Å². The zero-order valence-corrected chi connectivity index (χ0v) is 17.9. The number of aliphatic hydroxyl groups excluding tert-OH is 7. The summed E-state index contributed by atoms with van der Waals surface area (Å²) in [6.45, 7) is 1.23. The summed E-state index contributed by atoms with van der Waals surface area (Å²) in [6.07, 6.45) is -7.98. The van der Waals surface area contributed by atoms with Crippen molar-refractivity contribution in [3.05, 3.63) is 0 Å². The normalized spacial score (nSPS) is 41.4. The number of ether oxygens (including phenoxy) is 4. The van der Waals surface area contributed by atoms with Crippen LogP contribution in [0.2, 0.25) is 0 Å². The highest BCUT2D eigenvalue weighted by Crippen LogP contribution is 2.29. The van der Waals surface area contributed by atoms with Gasteiger partial charge in [0.15, 0.2) is 12.6 Å². The summed E-state index contributed by atoms with van der Waals surface area (Å²) in [6, 6.07) is 0. The number of unbranched alkanes of at least 4 members (excludes halogenated alkanes) is 5. The average molecular weight is 455 g/mol. The lowest BCUT2D eigenvalue weighted by molar-refractivity contribution is -0.359. The Labute approximate surface area is 182 Å². The van der Waals surface area contributed by atoms with Gasteiger partial charge in [-0.2, -0.15) is 0 Å². The molecule has 2 aliphatic rings. The van der Waals surface area contributed by atoms with Crippen LogP contribution in [0, 0.1) is 0 Å². The highest BCUT2D eigenvalue weighted by molar-refractivity contribution is 4.94. The first-order valence-electron chi connectivity index (χ1n) is 11.1. The molecule has 0 aliphatic carbocycles. The second-order valence-electron chi connectivity index (χ2n) is 8.14. The third-order valence-electron chi connectivity index (χ3n) is 5.74. The standard InChI is InChI=1S/C20H38O11/c1-2-3-4-5-6-7-8-28-19-17(27)15(25)18(12(10-22)30-19)31-20-16(26)14(24)13(23)11(9-21)29-20/h11-27H,2-10H2,1H3/t11-,12-,13+,14+,15-,16-,17-,18-,19-,20+/m1/s1. The van der Waals surface area contributed by atoms with E-state index in [0.29, 0.717) is 6.61 Å². The van der Waals surface area contributed by atoms with Crippen LogP contribution in [0.4, 0.5) is 0 Å². The minimum atomic E-state index is -1.69. The van der Waals surface area contributed by atoms with Gasteiger partial charge >= 0.3 is 0 Å². The maximum absolute atomic E-state index is 10.5. The molecule has 10 atom stereocenters. The Morgan fingerprint density at radius 1 is 0.645 bits per heavy atom. The molecule has 2 rings (SSSR count). The van der Waals surface area contributed by atoms with E-state index in [1.54, 1.807) is 0 Å². The summed E-state index contributed by atoms with van der Waals surface area (Å²) in [7, 11) is 0. The van der Waals surface area contributed by atoms with Gasteiger partial charge in [0.05, 0.1) is 13.2 Å². The third kappa shape index (κ3) is 7.02. The van der Waals surface area contributed by atoms with Crippen molar-refractivity contribution in [3.8, 4) is 0 Å². The molecule has 2 heterocycles. The molecule has 184 valence electrons. The molecular formula is C20H38O11. The van der Waals surface area contributed by atoms with E-state index >= 15 is 0 Å². The lowest BCUT2D eigenvalue weighted by atomic mass is 9.97. The van der Waals surface area contributed by atoms with Gasteiger partial charge in [-0.05, 0) is 6.42 Å². The van der Waals surface area contributed by atoms with Crippen LogP contribution in [0.1, 0.15) is 45.4 Å². The zero-order chi connectivity index (χ0) is 23.0. The first-order chi connectivity index (χ1) is 14.8. The van der Waals surface area contributed by atoms with Crippen molar-refractivity contribution in [1.82, 2.24) is 0 Å². The van der Waals surface area contributed by atoms with E-state index in [0.717, 1.165) is 32.1 Å². The van der Waals surface area contributed by atoms with E-state index in [2.05, 4.69) is 6.92 Å². The Morgan fingerprint density at radius 3 is 1.87 bits per heavy atom. The van der Waals surface area contributed by atoms with E-state index in [-0.39, 0.29) is 0 Å². The molecule has 0 spiro atoms.